The summed E-state index contributed by atoms with van der Waals surface area (Å²) >= 11 is 0. The van der Waals surface area contributed by atoms with Gasteiger partial charge in [-0.15, -0.1) is 0 Å². The maximum atomic E-state index is 13.1. The third-order valence-corrected chi connectivity index (χ3v) is 3.86. The lowest BCUT2D eigenvalue weighted by Gasteiger charge is -2.37. The molecule has 0 saturated heterocycles. The van der Waals surface area contributed by atoms with E-state index in [0.29, 0.717) is 12.1 Å². The van der Waals surface area contributed by atoms with E-state index >= 15 is 0 Å². The SMILES string of the molecule is CNCC1c2cccc(C(F)(F)F)c2N(C)C(=O)C1C. The van der Waals surface area contributed by atoms with Crippen molar-refractivity contribution in [3.8, 4) is 0 Å². The number of para-hydroxylation sites is 1. The minimum absolute atomic E-state index is 0.0108. The molecule has 110 valence electrons. The van der Waals surface area contributed by atoms with Crippen LogP contribution < -0.4 is 10.2 Å². The highest BCUT2D eigenvalue weighted by Crippen LogP contribution is 2.45. The molecule has 2 atom stereocenters. The molecule has 3 nitrogen and oxygen atoms in total. The molecule has 1 aromatic rings. The summed E-state index contributed by atoms with van der Waals surface area (Å²) in [6, 6.07) is 4.10. The Morgan fingerprint density at radius 1 is 1.35 bits per heavy atom. The van der Waals surface area contributed by atoms with E-state index in [4.69, 9.17) is 0 Å². The second-order valence-corrected chi connectivity index (χ2v) is 5.09. The molecule has 1 aromatic carbocycles. The van der Waals surface area contributed by atoms with E-state index in [2.05, 4.69) is 5.32 Å². The van der Waals surface area contributed by atoms with Crippen LogP contribution in [0.1, 0.15) is 24.0 Å². The molecular weight excluding hydrogens is 269 g/mol. The number of alkyl halides is 3. The third kappa shape index (κ3) is 2.28. The molecule has 1 heterocycles. The van der Waals surface area contributed by atoms with E-state index in [1.165, 1.54) is 13.1 Å². The molecule has 2 rings (SSSR count). The van der Waals surface area contributed by atoms with Gasteiger partial charge >= 0.3 is 6.18 Å². The van der Waals surface area contributed by atoms with Gasteiger partial charge in [-0.3, -0.25) is 4.79 Å². The summed E-state index contributed by atoms with van der Waals surface area (Å²) in [7, 11) is 3.13. The topological polar surface area (TPSA) is 32.3 Å². The summed E-state index contributed by atoms with van der Waals surface area (Å²) in [6.45, 7) is 2.22. The average molecular weight is 286 g/mol. The Kier molecular flexibility index (Phi) is 3.77. The first-order valence-corrected chi connectivity index (χ1v) is 6.41. The van der Waals surface area contributed by atoms with Gasteiger partial charge in [0.05, 0.1) is 11.3 Å². The Morgan fingerprint density at radius 3 is 2.55 bits per heavy atom. The Hall–Kier alpha value is -1.56. The van der Waals surface area contributed by atoms with E-state index in [0.717, 1.165) is 11.0 Å². The van der Waals surface area contributed by atoms with Gasteiger partial charge in [-0.25, -0.2) is 0 Å². The summed E-state index contributed by atoms with van der Waals surface area (Å²) in [6.07, 6.45) is -4.47. The molecule has 0 spiro atoms. The van der Waals surface area contributed by atoms with Gasteiger partial charge in [0.15, 0.2) is 0 Å². The quantitative estimate of drug-likeness (QED) is 0.906. The van der Waals surface area contributed by atoms with Gasteiger partial charge in [-0.2, -0.15) is 13.2 Å². The van der Waals surface area contributed by atoms with Crippen LogP contribution in [0.25, 0.3) is 0 Å². The minimum Gasteiger partial charge on any atom is -0.319 e. The number of carbonyl (C=O) groups is 1. The van der Waals surface area contributed by atoms with Crippen LogP contribution in [0.2, 0.25) is 0 Å². The molecule has 0 bridgehead atoms. The van der Waals surface area contributed by atoms with Crippen LogP contribution in [0.15, 0.2) is 18.2 Å². The monoisotopic (exact) mass is 286 g/mol. The second-order valence-electron chi connectivity index (χ2n) is 5.09. The first-order chi connectivity index (χ1) is 9.29. The van der Waals surface area contributed by atoms with Gasteiger partial charge in [-0.1, -0.05) is 19.1 Å². The van der Waals surface area contributed by atoms with E-state index in [9.17, 15) is 18.0 Å². The van der Waals surface area contributed by atoms with Crippen molar-refractivity contribution >= 4 is 11.6 Å². The second kappa shape index (κ2) is 5.09. The highest BCUT2D eigenvalue weighted by Gasteiger charge is 2.42. The van der Waals surface area contributed by atoms with Crippen molar-refractivity contribution in [2.45, 2.75) is 19.0 Å². The molecule has 0 saturated carbocycles. The number of rotatable bonds is 2. The molecule has 20 heavy (non-hydrogen) atoms. The number of amides is 1. The van der Waals surface area contributed by atoms with E-state index < -0.39 is 11.7 Å². The molecule has 0 fully saturated rings. The number of hydrogen-bond acceptors (Lipinski definition) is 2. The van der Waals surface area contributed by atoms with Crippen LogP contribution in [0, 0.1) is 5.92 Å². The molecule has 2 unspecified atom stereocenters. The minimum atomic E-state index is -4.47. The van der Waals surface area contributed by atoms with Crippen molar-refractivity contribution in [3.63, 3.8) is 0 Å². The number of halogens is 3. The molecule has 0 radical (unpaired) electrons. The zero-order valence-electron chi connectivity index (χ0n) is 11.6. The lowest BCUT2D eigenvalue weighted by atomic mass is 9.80. The van der Waals surface area contributed by atoms with Crippen molar-refractivity contribution in [2.24, 2.45) is 5.92 Å². The standard InChI is InChI=1S/C14H17F3N2O/c1-8-10(7-18-2)9-5-4-6-11(14(15,16)17)12(9)19(3)13(8)20/h4-6,8,10,18H,7H2,1-3H3. The lowest BCUT2D eigenvalue weighted by Crippen LogP contribution is -2.43. The largest absolute Gasteiger partial charge is 0.418 e. The number of anilines is 1. The van der Waals surface area contributed by atoms with Gasteiger partial charge < -0.3 is 10.2 Å². The third-order valence-electron chi connectivity index (χ3n) is 3.86. The van der Waals surface area contributed by atoms with E-state index in [1.807, 2.05) is 0 Å². The van der Waals surface area contributed by atoms with Crippen molar-refractivity contribution in [1.29, 1.82) is 0 Å². The van der Waals surface area contributed by atoms with Crippen molar-refractivity contribution in [2.75, 3.05) is 25.5 Å². The Labute approximate surface area is 115 Å². The summed E-state index contributed by atoms with van der Waals surface area (Å²) < 4.78 is 39.4. The fraction of sp³-hybridized carbons (Fsp3) is 0.500. The number of benzene rings is 1. The molecule has 1 aliphatic rings. The lowest BCUT2D eigenvalue weighted by molar-refractivity contribution is -0.137. The number of likely N-dealkylation sites (N-methyl/N-ethyl adjacent to an activating group) is 1. The number of carbonyl (C=O) groups excluding carboxylic acids is 1. The highest BCUT2D eigenvalue weighted by atomic mass is 19.4. The van der Waals surface area contributed by atoms with Gasteiger partial charge in [0.25, 0.3) is 0 Å². The highest BCUT2D eigenvalue weighted by molar-refractivity contribution is 5.99. The number of nitrogens with zero attached hydrogens (tertiary/aromatic N) is 1. The molecule has 0 aliphatic carbocycles. The van der Waals surface area contributed by atoms with E-state index in [-0.39, 0.29) is 23.4 Å². The van der Waals surface area contributed by atoms with Crippen LogP contribution in [0.3, 0.4) is 0 Å². The number of nitrogens with one attached hydrogen (secondary N) is 1. The summed E-state index contributed by atoms with van der Waals surface area (Å²) in [5.74, 6) is -0.876. The predicted octanol–water partition coefficient (Wildman–Crippen LogP) is 2.62. The van der Waals surface area contributed by atoms with Gasteiger partial charge in [0, 0.05) is 25.4 Å². The van der Waals surface area contributed by atoms with Crippen LogP contribution in [0.5, 0.6) is 0 Å². The first-order valence-electron chi connectivity index (χ1n) is 6.41. The molecule has 1 N–H and O–H groups in total. The summed E-state index contributed by atoms with van der Waals surface area (Å²) in [5.41, 5.74) is -0.189. The van der Waals surface area contributed by atoms with Crippen LogP contribution >= 0.6 is 0 Å². The number of hydrogen-bond donors (Lipinski definition) is 1. The average Bonchev–Trinajstić information content (AvgIpc) is 2.39. The van der Waals surface area contributed by atoms with Crippen LogP contribution in [0.4, 0.5) is 18.9 Å². The van der Waals surface area contributed by atoms with Crippen LogP contribution in [-0.2, 0) is 11.0 Å². The summed E-state index contributed by atoms with van der Waals surface area (Å²) in [4.78, 5) is 13.3. The smallest absolute Gasteiger partial charge is 0.319 e. The van der Waals surface area contributed by atoms with Crippen LogP contribution in [-0.4, -0.2) is 26.5 Å². The Morgan fingerprint density at radius 2 is 2.00 bits per heavy atom. The molecule has 1 aliphatic heterocycles. The zero-order valence-corrected chi connectivity index (χ0v) is 11.6. The molecule has 6 heteroatoms. The Bertz CT molecular complexity index is 528. The molecular formula is C14H17F3N2O. The van der Waals surface area contributed by atoms with Crippen molar-refractivity contribution in [1.82, 2.24) is 5.32 Å². The first kappa shape index (κ1) is 14.8. The molecule has 1 amide bonds. The van der Waals surface area contributed by atoms with Gasteiger partial charge in [0.1, 0.15) is 0 Å². The normalized spacial score (nSPS) is 22.9. The van der Waals surface area contributed by atoms with Crippen molar-refractivity contribution in [3.05, 3.63) is 29.3 Å². The maximum Gasteiger partial charge on any atom is 0.418 e. The number of fused-ring (bicyclic) bond motifs is 1. The summed E-state index contributed by atoms with van der Waals surface area (Å²) in [5, 5.41) is 2.95. The fourth-order valence-electron chi connectivity index (χ4n) is 2.83. The maximum absolute atomic E-state index is 13.1. The van der Waals surface area contributed by atoms with E-state index in [1.54, 1.807) is 20.0 Å². The Balaban J connectivity index is 2.65. The predicted molar refractivity (Wildman–Crippen MR) is 70.7 cm³/mol. The molecule has 0 aromatic heterocycles. The fourth-order valence-corrected chi connectivity index (χ4v) is 2.83. The van der Waals surface area contributed by atoms with Gasteiger partial charge in [0.2, 0.25) is 5.91 Å². The zero-order chi connectivity index (χ0) is 15.1. The van der Waals surface area contributed by atoms with Gasteiger partial charge in [-0.05, 0) is 18.7 Å². The van der Waals surface area contributed by atoms with Crippen molar-refractivity contribution < 1.29 is 18.0 Å².